The van der Waals surface area contributed by atoms with Gasteiger partial charge in [0.1, 0.15) is 0 Å². The molecule has 3 nitrogen and oxygen atoms in total. The molecule has 2 bridgehead atoms. The molecule has 3 aliphatic heterocycles. The van der Waals surface area contributed by atoms with Gasteiger partial charge < -0.3 is 10.1 Å². The third kappa shape index (κ3) is 0.601. The molecule has 3 aliphatic rings. The summed E-state index contributed by atoms with van der Waals surface area (Å²) in [5.74, 6) is 0.928. The minimum absolute atomic E-state index is 0.203. The Balaban J connectivity index is 1.97. The van der Waals surface area contributed by atoms with E-state index < -0.39 is 0 Å². The molecule has 4 atom stereocenters. The maximum absolute atomic E-state index is 11.3. The van der Waals surface area contributed by atoms with Gasteiger partial charge in [0.25, 0.3) is 0 Å². The Labute approximate surface area is 65.1 Å². The largest absolute Gasteiger partial charge is 0.374 e. The molecule has 0 aromatic heterocycles. The van der Waals surface area contributed by atoms with E-state index in [9.17, 15) is 4.79 Å². The highest BCUT2D eigenvalue weighted by Crippen LogP contribution is 2.45. The first-order chi connectivity index (χ1) is 5.36. The molecule has 3 heterocycles. The first-order valence-corrected chi connectivity index (χ1v) is 4.29. The summed E-state index contributed by atoms with van der Waals surface area (Å²) in [5.41, 5.74) is 0. The topological polar surface area (TPSA) is 38.3 Å². The molecule has 0 spiro atoms. The molecule has 3 fully saturated rings. The highest BCUT2D eigenvalue weighted by molar-refractivity contribution is 5.82. The van der Waals surface area contributed by atoms with Crippen LogP contribution >= 0.6 is 0 Å². The van der Waals surface area contributed by atoms with Crippen LogP contribution in [0, 0.1) is 11.8 Å². The van der Waals surface area contributed by atoms with Crippen LogP contribution in [0.4, 0.5) is 0 Å². The summed E-state index contributed by atoms with van der Waals surface area (Å²) in [4.78, 5) is 11.3. The predicted octanol–water partition coefficient (Wildman–Crippen LogP) is -0.0902. The third-order valence-electron chi connectivity index (χ3n) is 3.24. The fourth-order valence-corrected chi connectivity index (χ4v) is 2.73. The van der Waals surface area contributed by atoms with Crippen molar-refractivity contribution < 1.29 is 9.53 Å². The van der Waals surface area contributed by atoms with Gasteiger partial charge in [-0.1, -0.05) is 0 Å². The van der Waals surface area contributed by atoms with Gasteiger partial charge in [-0.3, -0.25) is 4.79 Å². The molecule has 3 saturated heterocycles. The first kappa shape index (κ1) is 6.00. The zero-order valence-corrected chi connectivity index (χ0v) is 6.25. The molecule has 4 unspecified atom stereocenters. The Morgan fingerprint density at radius 1 is 1.36 bits per heavy atom. The highest BCUT2D eigenvalue weighted by atomic mass is 16.5. The Morgan fingerprint density at radius 3 is 3.00 bits per heavy atom. The lowest BCUT2D eigenvalue weighted by Crippen LogP contribution is -2.28. The lowest BCUT2D eigenvalue weighted by molar-refractivity contribution is -0.124. The van der Waals surface area contributed by atoms with E-state index in [4.69, 9.17) is 4.74 Å². The zero-order chi connectivity index (χ0) is 7.42. The summed E-state index contributed by atoms with van der Waals surface area (Å²) in [6, 6.07) is 0. The van der Waals surface area contributed by atoms with Gasteiger partial charge in [0, 0.05) is 12.5 Å². The normalized spacial score (nSPS) is 52.9. The van der Waals surface area contributed by atoms with E-state index in [0.717, 1.165) is 13.0 Å². The molecule has 3 heteroatoms. The number of nitrogens with one attached hydrogen (secondary N) is 1. The maximum Gasteiger partial charge on any atom is 0.226 e. The quantitative estimate of drug-likeness (QED) is 0.528. The second-order valence-electron chi connectivity index (χ2n) is 3.73. The Hall–Kier alpha value is -0.570. The molecule has 0 aromatic rings. The van der Waals surface area contributed by atoms with Crippen LogP contribution < -0.4 is 5.32 Å². The van der Waals surface area contributed by atoms with Crippen molar-refractivity contribution in [3.05, 3.63) is 0 Å². The minimum Gasteiger partial charge on any atom is -0.374 e. The van der Waals surface area contributed by atoms with Gasteiger partial charge >= 0.3 is 0 Å². The van der Waals surface area contributed by atoms with Crippen molar-refractivity contribution >= 4 is 5.91 Å². The van der Waals surface area contributed by atoms with Gasteiger partial charge in [-0.15, -0.1) is 0 Å². The molecule has 0 radical (unpaired) electrons. The summed E-state index contributed by atoms with van der Waals surface area (Å²) in [6.45, 7) is 0.852. The van der Waals surface area contributed by atoms with Crippen molar-refractivity contribution in [3.8, 4) is 0 Å². The van der Waals surface area contributed by atoms with Crippen LogP contribution in [0.15, 0.2) is 0 Å². The van der Waals surface area contributed by atoms with Gasteiger partial charge in [0.2, 0.25) is 5.91 Å². The smallest absolute Gasteiger partial charge is 0.226 e. The Bertz CT molecular complexity index is 216. The number of ether oxygens (including phenoxy) is 1. The molecular formula is C8H11NO2. The Kier molecular flexibility index (Phi) is 0.969. The molecule has 60 valence electrons. The fourth-order valence-electron chi connectivity index (χ4n) is 2.73. The average Bonchev–Trinajstić information content (AvgIpc) is 2.60. The van der Waals surface area contributed by atoms with Crippen LogP contribution in [0.1, 0.15) is 12.8 Å². The zero-order valence-electron chi connectivity index (χ0n) is 6.25. The van der Waals surface area contributed by atoms with Gasteiger partial charge in [0.15, 0.2) is 0 Å². The van der Waals surface area contributed by atoms with E-state index in [-0.39, 0.29) is 17.9 Å². The number of rotatable bonds is 0. The van der Waals surface area contributed by atoms with Crippen molar-refractivity contribution in [1.82, 2.24) is 5.32 Å². The van der Waals surface area contributed by atoms with E-state index in [1.165, 1.54) is 6.42 Å². The van der Waals surface area contributed by atoms with E-state index in [1.54, 1.807) is 0 Å². The second kappa shape index (κ2) is 1.78. The average molecular weight is 153 g/mol. The standard InChI is InChI=1S/C8H11NO2/c10-8-7-4(3-9-8)5-1-2-6(7)11-5/h4-7H,1-3H2,(H,9,10). The monoisotopic (exact) mass is 153 g/mol. The van der Waals surface area contributed by atoms with E-state index >= 15 is 0 Å². The van der Waals surface area contributed by atoms with Crippen LogP contribution in [0.25, 0.3) is 0 Å². The second-order valence-corrected chi connectivity index (χ2v) is 3.73. The molecule has 11 heavy (non-hydrogen) atoms. The number of carbonyl (C=O) groups is 1. The molecular weight excluding hydrogens is 142 g/mol. The lowest BCUT2D eigenvalue weighted by atomic mass is 9.81. The molecule has 1 N–H and O–H groups in total. The van der Waals surface area contributed by atoms with Gasteiger partial charge in [-0.25, -0.2) is 0 Å². The molecule has 1 amide bonds. The number of fused-ring (bicyclic) bond motifs is 5. The van der Waals surface area contributed by atoms with Crippen LogP contribution in [-0.2, 0) is 9.53 Å². The van der Waals surface area contributed by atoms with Crippen LogP contribution in [0.3, 0.4) is 0 Å². The molecule has 0 aromatic carbocycles. The summed E-state index contributed by atoms with van der Waals surface area (Å²) >= 11 is 0. The van der Waals surface area contributed by atoms with Crippen molar-refractivity contribution in [1.29, 1.82) is 0 Å². The minimum atomic E-state index is 0.203. The molecule has 0 saturated carbocycles. The van der Waals surface area contributed by atoms with Crippen LogP contribution in [0.2, 0.25) is 0 Å². The number of hydrogen-bond donors (Lipinski definition) is 1. The number of carbonyl (C=O) groups excluding carboxylic acids is 1. The van der Waals surface area contributed by atoms with Crippen LogP contribution in [0.5, 0.6) is 0 Å². The first-order valence-electron chi connectivity index (χ1n) is 4.29. The van der Waals surface area contributed by atoms with E-state index in [1.807, 2.05) is 0 Å². The van der Waals surface area contributed by atoms with Crippen molar-refractivity contribution in [2.45, 2.75) is 25.0 Å². The lowest BCUT2D eigenvalue weighted by Gasteiger charge is -2.16. The van der Waals surface area contributed by atoms with Crippen molar-refractivity contribution in [2.24, 2.45) is 11.8 Å². The SMILES string of the molecule is O=C1NCC2C3CCC(O3)C12. The third-order valence-corrected chi connectivity index (χ3v) is 3.24. The van der Waals surface area contributed by atoms with E-state index in [2.05, 4.69) is 5.32 Å². The fraction of sp³-hybridized carbons (Fsp3) is 0.875. The summed E-state index contributed by atoms with van der Waals surface area (Å²) in [7, 11) is 0. The van der Waals surface area contributed by atoms with Gasteiger partial charge in [-0.05, 0) is 12.8 Å². The predicted molar refractivity (Wildman–Crippen MR) is 37.9 cm³/mol. The van der Waals surface area contributed by atoms with Crippen molar-refractivity contribution in [3.63, 3.8) is 0 Å². The maximum atomic E-state index is 11.3. The van der Waals surface area contributed by atoms with Gasteiger partial charge in [0.05, 0.1) is 18.1 Å². The summed E-state index contributed by atoms with van der Waals surface area (Å²) < 4.78 is 5.65. The number of hydrogen-bond acceptors (Lipinski definition) is 2. The van der Waals surface area contributed by atoms with Gasteiger partial charge in [-0.2, -0.15) is 0 Å². The Morgan fingerprint density at radius 2 is 2.18 bits per heavy atom. The number of amides is 1. The van der Waals surface area contributed by atoms with Crippen molar-refractivity contribution in [2.75, 3.05) is 6.54 Å². The summed E-state index contributed by atoms with van der Waals surface area (Å²) in [6.07, 6.45) is 2.91. The highest BCUT2D eigenvalue weighted by Gasteiger charge is 2.54. The molecule has 3 rings (SSSR count). The van der Waals surface area contributed by atoms with Crippen LogP contribution in [-0.4, -0.2) is 24.7 Å². The van der Waals surface area contributed by atoms with E-state index in [0.29, 0.717) is 12.0 Å². The summed E-state index contributed by atoms with van der Waals surface area (Å²) in [5, 5.41) is 2.90. The molecule has 0 aliphatic carbocycles.